The molecule has 0 spiro atoms. The summed E-state index contributed by atoms with van der Waals surface area (Å²) in [7, 11) is -5.05. The SMILES string of the molecule is O=S(=O)(O)C(c1ccccc1)(c1ccc(Cl)cc1Cl)c1cc(Cl)c(O)c(O)c1Cl. The van der Waals surface area contributed by atoms with Crippen molar-refractivity contribution < 1.29 is 23.2 Å². The lowest BCUT2D eigenvalue weighted by Crippen LogP contribution is -2.38. The first kappa shape index (κ1) is 22.0. The first-order valence-electron chi connectivity index (χ1n) is 7.90. The molecule has 3 aromatic rings. The number of aromatic hydroxyl groups is 2. The highest BCUT2D eigenvalue weighted by Crippen LogP contribution is 2.53. The molecule has 0 amide bonds. The molecule has 0 bridgehead atoms. The maximum absolute atomic E-state index is 13.0. The molecule has 5 nitrogen and oxygen atoms in total. The molecule has 0 heterocycles. The molecule has 29 heavy (non-hydrogen) atoms. The van der Waals surface area contributed by atoms with Gasteiger partial charge in [-0.2, -0.15) is 8.42 Å². The molecule has 152 valence electrons. The smallest absolute Gasteiger partial charge is 0.283 e. The molecular formula is C19H12Cl4O5S. The highest BCUT2D eigenvalue weighted by Gasteiger charge is 2.51. The fourth-order valence-electron chi connectivity index (χ4n) is 3.19. The van der Waals surface area contributed by atoms with Crippen molar-refractivity contribution in [3.05, 3.63) is 91.4 Å². The van der Waals surface area contributed by atoms with Crippen molar-refractivity contribution in [3.8, 4) is 11.5 Å². The fourth-order valence-corrected chi connectivity index (χ4v) is 5.67. The van der Waals surface area contributed by atoms with Gasteiger partial charge >= 0.3 is 0 Å². The van der Waals surface area contributed by atoms with E-state index in [0.29, 0.717) is 0 Å². The van der Waals surface area contributed by atoms with Crippen molar-refractivity contribution in [3.63, 3.8) is 0 Å². The van der Waals surface area contributed by atoms with E-state index in [0.717, 1.165) is 6.07 Å². The number of rotatable bonds is 4. The van der Waals surface area contributed by atoms with Gasteiger partial charge in [-0.25, -0.2) is 0 Å². The predicted molar refractivity (Wildman–Crippen MR) is 114 cm³/mol. The quantitative estimate of drug-likeness (QED) is 0.239. The second-order valence-electron chi connectivity index (χ2n) is 6.06. The third-order valence-electron chi connectivity index (χ3n) is 4.42. The fraction of sp³-hybridized carbons (Fsp3) is 0.0526. The number of hydrogen-bond donors (Lipinski definition) is 3. The van der Waals surface area contributed by atoms with Gasteiger partial charge in [0.1, 0.15) is 0 Å². The van der Waals surface area contributed by atoms with Crippen LogP contribution in [0.1, 0.15) is 16.7 Å². The Morgan fingerprint density at radius 3 is 1.93 bits per heavy atom. The molecule has 0 aliphatic rings. The summed E-state index contributed by atoms with van der Waals surface area (Å²) in [6, 6.07) is 12.7. The molecule has 3 rings (SSSR count). The standard InChI is InChI=1S/C19H12Cl4O5S/c20-11-6-7-12(14(21)8-11)19(29(26,27)28,10-4-2-1-3-5-10)13-9-15(22)17(24)18(25)16(13)23/h1-9,24-25H,(H,26,27,28). The van der Waals surface area contributed by atoms with Gasteiger partial charge in [0.25, 0.3) is 10.1 Å². The van der Waals surface area contributed by atoms with E-state index in [9.17, 15) is 23.2 Å². The summed E-state index contributed by atoms with van der Waals surface area (Å²) in [6.07, 6.45) is 0. The van der Waals surface area contributed by atoms with E-state index in [1.807, 2.05) is 0 Å². The summed E-state index contributed by atoms with van der Waals surface area (Å²) in [5.74, 6) is -1.58. The molecular weight excluding hydrogens is 482 g/mol. The highest BCUT2D eigenvalue weighted by molar-refractivity contribution is 7.87. The minimum absolute atomic E-state index is 0.0646. The van der Waals surface area contributed by atoms with E-state index in [1.165, 1.54) is 30.3 Å². The first-order valence-corrected chi connectivity index (χ1v) is 10.9. The van der Waals surface area contributed by atoms with Gasteiger partial charge in [0.2, 0.25) is 0 Å². The van der Waals surface area contributed by atoms with Gasteiger partial charge in [-0.15, -0.1) is 0 Å². The van der Waals surface area contributed by atoms with Crippen LogP contribution < -0.4 is 0 Å². The van der Waals surface area contributed by atoms with E-state index in [1.54, 1.807) is 18.2 Å². The van der Waals surface area contributed by atoms with Crippen molar-refractivity contribution in [2.45, 2.75) is 4.75 Å². The van der Waals surface area contributed by atoms with Crippen LogP contribution in [-0.4, -0.2) is 23.2 Å². The lowest BCUT2D eigenvalue weighted by Gasteiger charge is -2.34. The van der Waals surface area contributed by atoms with E-state index in [-0.39, 0.29) is 31.8 Å². The molecule has 1 unspecified atom stereocenters. The second kappa shape index (κ2) is 7.87. The van der Waals surface area contributed by atoms with E-state index in [2.05, 4.69) is 0 Å². The molecule has 0 saturated carbocycles. The molecule has 0 radical (unpaired) electrons. The Morgan fingerprint density at radius 2 is 1.38 bits per heavy atom. The Kier molecular flexibility index (Phi) is 5.98. The number of phenolic OH excluding ortho intramolecular Hbond substituents is 2. The van der Waals surface area contributed by atoms with Gasteiger partial charge < -0.3 is 10.2 Å². The topological polar surface area (TPSA) is 94.8 Å². The number of hydrogen-bond acceptors (Lipinski definition) is 4. The molecule has 0 aliphatic heterocycles. The molecule has 0 aliphatic carbocycles. The molecule has 3 N–H and O–H groups in total. The Labute approximate surface area is 186 Å². The predicted octanol–water partition coefficient (Wildman–Crippen LogP) is 5.89. The molecule has 3 aromatic carbocycles. The van der Waals surface area contributed by atoms with Crippen molar-refractivity contribution in [2.24, 2.45) is 0 Å². The van der Waals surface area contributed by atoms with Crippen LogP contribution in [0.3, 0.4) is 0 Å². The van der Waals surface area contributed by atoms with Crippen LogP contribution in [0.5, 0.6) is 11.5 Å². The van der Waals surface area contributed by atoms with E-state index >= 15 is 0 Å². The maximum Gasteiger partial charge on any atom is 0.283 e. The van der Waals surface area contributed by atoms with Gasteiger partial charge in [-0.3, -0.25) is 4.55 Å². The Balaban J connectivity index is 2.62. The third-order valence-corrected chi connectivity index (χ3v) is 7.09. The van der Waals surface area contributed by atoms with Crippen LogP contribution >= 0.6 is 46.4 Å². The van der Waals surface area contributed by atoms with Crippen LogP contribution in [0.4, 0.5) is 0 Å². The Bertz CT molecular complexity index is 1200. The normalized spacial score (nSPS) is 13.8. The minimum atomic E-state index is -5.05. The van der Waals surface area contributed by atoms with Crippen molar-refractivity contribution in [2.75, 3.05) is 0 Å². The van der Waals surface area contributed by atoms with Gasteiger partial charge in [-0.05, 0) is 23.8 Å². The summed E-state index contributed by atoms with van der Waals surface area (Å²) in [5, 5.41) is 19.3. The Hall–Kier alpha value is -1.67. The summed E-state index contributed by atoms with van der Waals surface area (Å²) in [5.41, 5.74) is -0.326. The lowest BCUT2D eigenvalue weighted by molar-refractivity contribution is 0.402. The summed E-state index contributed by atoms with van der Waals surface area (Å²) in [6.45, 7) is 0. The molecule has 0 saturated heterocycles. The largest absolute Gasteiger partial charge is 0.503 e. The molecule has 1 atom stereocenters. The second-order valence-corrected chi connectivity index (χ2v) is 9.25. The zero-order valence-corrected chi connectivity index (χ0v) is 18.1. The average Bonchev–Trinajstić information content (AvgIpc) is 2.65. The molecule has 10 heteroatoms. The van der Waals surface area contributed by atoms with Crippen LogP contribution in [0.25, 0.3) is 0 Å². The number of benzene rings is 3. The summed E-state index contributed by atoms with van der Waals surface area (Å²) < 4.78 is 34.0. The van der Waals surface area contributed by atoms with Crippen LogP contribution in [0, 0.1) is 0 Å². The summed E-state index contributed by atoms with van der Waals surface area (Å²) in [4.78, 5) is 0. The monoisotopic (exact) mass is 492 g/mol. The zero-order valence-electron chi connectivity index (χ0n) is 14.3. The van der Waals surface area contributed by atoms with Gasteiger partial charge in [0.15, 0.2) is 16.2 Å². The molecule has 0 aromatic heterocycles. The van der Waals surface area contributed by atoms with Crippen LogP contribution in [0.2, 0.25) is 20.1 Å². The van der Waals surface area contributed by atoms with Crippen LogP contribution in [0.15, 0.2) is 54.6 Å². The first-order chi connectivity index (χ1) is 13.5. The molecule has 0 fully saturated rings. The lowest BCUT2D eigenvalue weighted by atomic mass is 9.83. The van der Waals surface area contributed by atoms with Crippen molar-refractivity contribution in [1.82, 2.24) is 0 Å². The number of halogens is 4. The maximum atomic E-state index is 13.0. The van der Waals surface area contributed by atoms with Gasteiger partial charge in [0.05, 0.1) is 10.0 Å². The average molecular weight is 494 g/mol. The summed E-state index contributed by atoms with van der Waals surface area (Å²) >= 11 is 24.5. The van der Waals surface area contributed by atoms with E-state index in [4.69, 9.17) is 46.4 Å². The van der Waals surface area contributed by atoms with Crippen LogP contribution in [-0.2, 0) is 14.9 Å². The Morgan fingerprint density at radius 1 is 0.759 bits per heavy atom. The van der Waals surface area contributed by atoms with Crippen molar-refractivity contribution >= 4 is 56.5 Å². The van der Waals surface area contributed by atoms with Gasteiger partial charge in [0, 0.05) is 21.2 Å². The van der Waals surface area contributed by atoms with Crippen molar-refractivity contribution in [1.29, 1.82) is 0 Å². The third kappa shape index (κ3) is 3.54. The van der Waals surface area contributed by atoms with Gasteiger partial charge in [-0.1, -0.05) is 82.8 Å². The minimum Gasteiger partial charge on any atom is -0.503 e. The number of phenols is 2. The zero-order chi connectivity index (χ0) is 21.6. The highest BCUT2D eigenvalue weighted by atomic mass is 35.5. The van der Waals surface area contributed by atoms with E-state index < -0.39 is 31.4 Å².